The van der Waals surface area contributed by atoms with Gasteiger partial charge in [-0.05, 0) is 29.2 Å². The lowest BCUT2D eigenvalue weighted by atomic mass is 10.0. The van der Waals surface area contributed by atoms with Crippen molar-refractivity contribution in [3.05, 3.63) is 107 Å². The molecule has 0 aliphatic heterocycles. The van der Waals surface area contributed by atoms with Crippen molar-refractivity contribution in [1.82, 2.24) is 15.4 Å². The third-order valence-corrected chi connectivity index (χ3v) is 6.41. The number of nitrogens with two attached hydrogens (primary N) is 2. The van der Waals surface area contributed by atoms with Gasteiger partial charge in [-0.3, -0.25) is 25.1 Å². The van der Waals surface area contributed by atoms with Gasteiger partial charge in [0, 0.05) is 23.4 Å². The average molecular weight is 518 g/mol. The summed E-state index contributed by atoms with van der Waals surface area (Å²) in [6.07, 6.45) is 0.360. The first-order chi connectivity index (χ1) is 17.8. The van der Waals surface area contributed by atoms with Crippen LogP contribution in [-0.2, 0) is 28.3 Å². The minimum absolute atomic E-state index is 0.0172. The van der Waals surface area contributed by atoms with Crippen LogP contribution in [0, 0.1) is 10.8 Å². The van der Waals surface area contributed by atoms with E-state index in [4.69, 9.17) is 22.3 Å². The lowest BCUT2D eigenvalue weighted by molar-refractivity contribution is -0.127. The molecular weight excluding hydrogens is 486 g/mol. The van der Waals surface area contributed by atoms with Gasteiger partial charge in [-0.1, -0.05) is 84.7 Å². The normalized spacial score (nSPS) is 11.4. The molecule has 0 bridgehead atoms. The van der Waals surface area contributed by atoms with Gasteiger partial charge in [0.2, 0.25) is 11.8 Å². The van der Waals surface area contributed by atoms with Crippen LogP contribution in [0.3, 0.4) is 0 Å². The van der Waals surface area contributed by atoms with Gasteiger partial charge in [-0.25, -0.2) is 0 Å². The summed E-state index contributed by atoms with van der Waals surface area (Å²) in [5.41, 5.74) is 15.1. The monoisotopic (exact) mass is 517 g/mol. The van der Waals surface area contributed by atoms with Crippen LogP contribution in [0.4, 0.5) is 0 Å². The smallest absolute Gasteiger partial charge is 0.239 e. The Bertz CT molecular complexity index is 1230. The molecule has 3 aromatic rings. The van der Waals surface area contributed by atoms with Crippen LogP contribution in [0.15, 0.2) is 78.9 Å². The summed E-state index contributed by atoms with van der Waals surface area (Å²) in [6, 6.07) is 23.5. The van der Waals surface area contributed by atoms with Crippen LogP contribution >= 0.6 is 11.9 Å². The number of nitrogen functional groups attached to an aromatic ring is 2. The number of rotatable bonds is 13. The summed E-state index contributed by atoms with van der Waals surface area (Å²) in [6.45, 7) is 0.124. The molecule has 0 aromatic heterocycles. The largest absolute Gasteiger partial charge is 0.384 e. The lowest BCUT2D eigenvalue weighted by Gasteiger charge is -2.18. The molecule has 192 valence electrons. The standard InChI is InChI=1S/C27H31N7O2S/c28-25(29)21-11-9-18(10-12-21)15-32-24(35)16-33-27(36)23(34-37-17-19-5-2-1-3-6-19)14-20-7-4-8-22(13-20)26(30)31/h1-13,23,34H,14-17H2,(H3,28,29)(H3,30,31)(H,32,35)(H,33,36)/t23-/m1/s1. The van der Waals surface area contributed by atoms with E-state index in [2.05, 4.69) is 15.4 Å². The second-order valence-corrected chi connectivity index (χ2v) is 9.18. The van der Waals surface area contributed by atoms with Gasteiger partial charge >= 0.3 is 0 Å². The highest BCUT2D eigenvalue weighted by Crippen LogP contribution is 2.13. The minimum atomic E-state index is -0.608. The van der Waals surface area contributed by atoms with Crippen molar-refractivity contribution < 1.29 is 9.59 Å². The van der Waals surface area contributed by atoms with E-state index in [-0.39, 0.29) is 30.0 Å². The van der Waals surface area contributed by atoms with Crippen LogP contribution in [0.5, 0.6) is 0 Å². The van der Waals surface area contributed by atoms with Gasteiger partial charge in [0.25, 0.3) is 0 Å². The molecule has 37 heavy (non-hydrogen) atoms. The fraction of sp³-hybridized carbons (Fsp3) is 0.185. The maximum Gasteiger partial charge on any atom is 0.239 e. The first kappa shape index (κ1) is 27.4. The quantitative estimate of drug-likeness (QED) is 0.104. The van der Waals surface area contributed by atoms with Gasteiger partial charge in [0.05, 0.1) is 12.6 Å². The first-order valence-corrected chi connectivity index (χ1v) is 12.6. The molecule has 3 rings (SSSR count). The molecule has 0 heterocycles. The molecule has 0 spiro atoms. The number of carbonyl (C=O) groups excluding carboxylic acids is 2. The Hall–Kier alpha value is -4.15. The maximum absolute atomic E-state index is 13.0. The zero-order chi connectivity index (χ0) is 26.6. The number of nitrogens with one attached hydrogen (secondary N) is 5. The van der Waals surface area contributed by atoms with E-state index in [9.17, 15) is 9.59 Å². The summed E-state index contributed by atoms with van der Waals surface area (Å²) >= 11 is 1.42. The van der Waals surface area contributed by atoms with E-state index in [0.29, 0.717) is 29.8 Å². The van der Waals surface area contributed by atoms with Crippen molar-refractivity contribution in [2.75, 3.05) is 6.54 Å². The van der Waals surface area contributed by atoms with E-state index in [1.54, 1.807) is 42.5 Å². The Balaban J connectivity index is 1.56. The molecule has 1 atom stereocenters. The molecule has 0 saturated carbocycles. The summed E-state index contributed by atoms with van der Waals surface area (Å²) in [7, 11) is 0. The SMILES string of the molecule is N=C(N)c1ccc(CNC(=O)CNC(=O)[C@@H](Cc2cccc(C(=N)N)c2)NSCc2ccccc2)cc1. The molecule has 0 unspecified atom stereocenters. The average Bonchev–Trinajstić information content (AvgIpc) is 2.91. The second kappa shape index (κ2) is 13.8. The molecule has 9 N–H and O–H groups in total. The number of benzene rings is 3. The molecule has 0 saturated heterocycles. The van der Waals surface area contributed by atoms with Gasteiger partial charge < -0.3 is 22.1 Å². The van der Waals surface area contributed by atoms with E-state index >= 15 is 0 Å². The zero-order valence-electron chi connectivity index (χ0n) is 20.3. The predicted molar refractivity (Wildman–Crippen MR) is 148 cm³/mol. The minimum Gasteiger partial charge on any atom is -0.384 e. The van der Waals surface area contributed by atoms with Gasteiger partial charge in [0.1, 0.15) is 11.7 Å². The molecule has 0 fully saturated rings. The Kier molecular flexibility index (Phi) is 10.2. The second-order valence-electron chi connectivity index (χ2n) is 8.37. The molecule has 0 radical (unpaired) electrons. The number of hydrogen-bond donors (Lipinski definition) is 7. The summed E-state index contributed by atoms with van der Waals surface area (Å²) in [4.78, 5) is 25.4. The van der Waals surface area contributed by atoms with Crippen LogP contribution in [0.1, 0.15) is 27.8 Å². The van der Waals surface area contributed by atoms with E-state index < -0.39 is 6.04 Å². The van der Waals surface area contributed by atoms with Gasteiger partial charge in [0.15, 0.2) is 0 Å². The Morgan fingerprint density at radius 3 is 2.14 bits per heavy atom. The number of amidine groups is 2. The van der Waals surface area contributed by atoms with Crippen molar-refractivity contribution >= 4 is 35.4 Å². The van der Waals surface area contributed by atoms with Crippen molar-refractivity contribution in [1.29, 1.82) is 10.8 Å². The van der Waals surface area contributed by atoms with Crippen molar-refractivity contribution in [3.63, 3.8) is 0 Å². The molecule has 9 nitrogen and oxygen atoms in total. The van der Waals surface area contributed by atoms with Crippen molar-refractivity contribution in [2.45, 2.75) is 24.8 Å². The number of carbonyl (C=O) groups is 2. The zero-order valence-corrected chi connectivity index (χ0v) is 21.1. The van der Waals surface area contributed by atoms with Crippen molar-refractivity contribution in [3.8, 4) is 0 Å². The Labute approximate surface area is 220 Å². The van der Waals surface area contributed by atoms with Gasteiger partial charge in [-0.2, -0.15) is 0 Å². The van der Waals surface area contributed by atoms with E-state index in [1.807, 2.05) is 36.4 Å². The van der Waals surface area contributed by atoms with Crippen LogP contribution in [-0.4, -0.2) is 36.1 Å². The highest BCUT2D eigenvalue weighted by atomic mass is 32.2. The van der Waals surface area contributed by atoms with Crippen molar-refractivity contribution in [2.24, 2.45) is 11.5 Å². The molecular formula is C27H31N7O2S. The van der Waals surface area contributed by atoms with Gasteiger partial charge in [-0.15, -0.1) is 0 Å². The van der Waals surface area contributed by atoms with Crippen LogP contribution in [0.25, 0.3) is 0 Å². The number of hydrogen-bond acceptors (Lipinski definition) is 6. The number of amides is 2. The van der Waals surface area contributed by atoms with Crippen LogP contribution < -0.4 is 26.8 Å². The fourth-order valence-corrected chi connectivity index (χ4v) is 4.28. The van der Waals surface area contributed by atoms with E-state index in [1.165, 1.54) is 11.9 Å². The highest BCUT2D eigenvalue weighted by molar-refractivity contribution is 7.96. The summed E-state index contributed by atoms with van der Waals surface area (Å²) in [5.74, 6) is -0.0209. The summed E-state index contributed by atoms with van der Waals surface area (Å²) in [5, 5.41) is 20.6. The summed E-state index contributed by atoms with van der Waals surface area (Å²) < 4.78 is 3.22. The predicted octanol–water partition coefficient (Wildman–Crippen LogP) is 2.04. The molecule has 3 aromatic carbocycles. The van der Waals surface area contributed by atoms with Crippen LogP contribution in [0.2, 0.25) is 0 Å². The third kappa shape index (κ3) is 9.10. The fourth-order valence-electron chi connectivity index (χ4n) is 3.45. The molecule has 0 aliphatic rings. The first-order valence-electron chi connectivity index (χ1n) is 11.6. The Morgan fingerprint density at radius 2 is 1.46 bits per heavy atom. The third-order valence-electron chi connectivity index (χ3n) is 5.48. The molecule has 0 aliphatic carbocycles. The van der Waals surface area contributed by atoms with E-state index in [0.717, 1.165) is 16.7 Å². The maximum atomic E-state index is 13.0. The lowest BCUT2D eigenvalue weighted by Crippen LogP contribution is -2.46. The topological polar surface area (TPSA) is 170 Å². The molecule has 10 heteroatoms. The Morgan fingerprint density at radius 1 is 0.784 bits per heavy atom. The highest BCUT2D eigenvalue weighted by Gasteiger charge is 2.20. The molecule has 2 amide bonds.